The van der Waals surface area contributed by atoms with E-state index >= 15 is 0 Å². The zero-order valence-corrected chi connectivity index (χ0v) is 9.77. The highest BCUT2D eigenvalue weighted by Crippen LogP contribution is 2.12. The molecule has 1 heterocycles. The number of aromatic nitrogens is 2. The van der Waals surface area contributed by atoms with Gasteiger partial charge in [-0.1, -0.05) is 25.4 Å². The molecule has 0 amide bonds. The first kappa shape index (κ1) is 12.0. The van der Waals surface area contributed by atoms with E-state index in [9.17, 15) is 4.79 Å². The SMILES string of the molecule is CC(C)CCCNc1nc[nH]c(=O)c1Cl. The highest BCUT2D eigenvalue weighted by atomic mass is 35.5. The van der Waals surface area contributed by atoms with Crippen LogP contribution >= 0.6 is 11.6 Å². The molecular formula is C10H16ClN3O. The molecule has 84 valence electrons. The number of hydrogen-bond donors (Lipinski definition) is 2. The molecule has 0 saturated heterocycles. The van der Waals surface area contributed by atoms with Crippen LogP contribution in [0.15, 0.2) is 11.1 Å². The molecule has 0 aliphatic rings. The fraction of sp³-hybridized carbons (Fsp3) is 0.600. The van der Waals surface area contributed by atoms with Crippen molar-refractivity contribution in [1.82, 2.24) is 9.97 Å². The molecule has 0 spiro atoms. The first-order valence-corrected chi connectivity index (χ1v) is 5.46. The van der Waals surface area contributed by atoms with Gasteiger partial charge in [-0.2, -0.15) is 0 Å². The summed E-state index contributed by atoms with van der Waals surface area (Å²) in [6.07, 6.45) is 3.54. The van der Waals surface area contributed by atoms with E-state index in [0.717, 1.165) is 19.4 Å². The number of H-pyrrole nitrogens is 1. The monoisotopic (exact) mass is 229 g/mol. The van der Waals surface area contributed by atoms with Crippen molar-refractivity contribution in [2.45, 2.75) is 26.7 Å². The Hall–Kier alpha value is -1.03. The van der Waals surface area contributed by atoms with Crippen LogP contribution in [-0.2, 0) is 0 Å². The summed E-state index contributed by atoms with van der Waals surface area (Å²) in [6, 6.07) is 0. The second-order valence-electron chi connectivity index (χ2n) is 3.86. The smallest absolute Gasteiger partial charge is 0.271 e. The topological polar surface area (TPSA) is 57.8 Å². The second kappa shape index (κ2) is 5.75. The lowest BCUT2D eigenvalue weighted by Gasteiger charge is -2.07. The summed E-state index contributed by atoms with van der Waals surface area (Å²) in [7, 11) is 0. The van der Waals surface area contributed by atoms with Crippen molar-refractivity contribution < 1.29 is 0 Å². The molecule has 1 aromatic heterocycles. The van der Waals surface area contributed by atoms with Gasteiger partial charge in [0.15, 0.2) is 5.82 Å². The number of anilines is 1. The molecule has 5 heteroatoms. The summed E-state index contributed by atoms with van der Waals surface area (Å²) in [6.45, 7) is 5.14. The fourth-order valence-corrected chi connectivity index (χ4v) is 1.39. The van der Waals surface area contributed by atoms with Gasteiger partial charge in [0.05, 0.1) is 6.33 Å². The molecule has 0 atom stereocenters. The minimum absolute atomic E-state index is 0.127. The number of aromatic amines is 1. The van der Waals surface area contributed by atoms with Gasteiger partial charge < -0.3 is 10.3 Å². The molecule has 1 aromatic rings. The minimum Gasteiger partial charge on any atom is -0.369 e. The van der Waals surface area contributed by atoms with Crippen molar-refractivity contribution in [1.29, 1.82) is 0 Å². The highest BCUT2D eigenvalue weighted by Gasteiger charge is 2.04. The summed E-state index contributed by atoms with van der Waals surface area (Å²) in [5.74, 6) is 1.15. The Morgan fingerprint density at radius 2 is 2.33 bits per heavy atom. The van der Waals surface area contributed by atoms with Gasteiger partial charge in [-0.3, -0.25) is 4.79 Å². The average Bonchev–Trinajstić information content (AvgIpc) is 2.18. The van der Waals surface area contributed by atoms with Crippen LogP contribution in [0.25, 0.3) is 0 Å². The Morgan fingerprint density at radius 1 is 1.60 bits per heavy atom. The molecule has 4 nitrogen and oxygen atoms in total. The summed E-state index contributed by atoms with van der Waals surface area (Å²) in [5, 5.41) is 3.17. The Bertz CT molecular complexity index is 362. The van der Waals surface area contributed by atoms with E-state index in [1.807, 2.05) is 0 Å². The van der Waals surface area contributed by atoms with Gasteiger partial charge in [-0.05, 0) is 18.8 Å². The molecule has 0 aliphatic heterocycles. The maximum atomic E-state index is 11.1. The van der Waals surface area contributed by atoms with E-state index in [1.165, 1.54) is 6.33 Å². The molecule has 0 aliphatic carbocycles. The van der Waals surface area contributed by atoms with Crippen molar-refractivity contribution in [3.05, 3.63) is 21.7 Å². The van der Waals surface area contributed by atoms with E-state index < -0.39 is 0 Å². The lowest BCUT2D eigenvalue weighted by molar-refractivity contribution is 0.566. The van der Waals surface area contributed by atoms with E-state index in [2.05, 4.69) is 29.1 Å². The van der Waals surface area contributed by atoms with Crippen molar-refractivity contribution >= 4 is 17.4 Å². The number of hydrogen-bond acceptors (Lipinski definition) is 3. The molecule has 0 fully saturated rings. The van der Waals surface area contributed by atoms with E-state index in [-0.39, 0.29) is 10.6 Å². The maximum absolute atomic E-state index is 11.1. The van der Waals surface area contributed by atoms with E-state index in [0.29, 0.717) is 11.7 Å². The Balaban J connectivity index is 2.44. The predicted octanol–water partition coefficient (Wildman–Crippen LogP) is 2.27. The molecule has 2 N–H and O–H groups in total. The standard InChI is InChI=1S/C10H16ClN3O/c1-7(2)4-3-5-12-9-8(11)10(15)14-6-13-9/h6-7H,3-5H2,1-2H3,(H2,12,13,14,15). The van der Waals surface area contributed by atoms with Crippen LogP contribution in [-0.4, -0.2) is 16.5 Å². The summed E-state index contributed by atoms with van der Waals surface area (Å²) in [5.41, 5.74) is -0.307. The van der Waals surface area contributed by atoms with Crippen LogP contribution in [0.3, 0.4) is 0 Å². The largest absolute Gasteiger partial charge is 0.369 e. The summed E-state index contributed by atoms with van der Waals surface area (Å²) in [4.78, 5) is 17.5. The third-order valence-electron chi connectivity index (χ3n) is 2.05. The predicted molar refractivity (Wildman–Crippen MR) is 62.4 cm³/mol. The molecule has 15 heavy (non-hydrogen) atoms. The minimum atomic E-state index is -0.307. The molecule has 0 bridgehead atoms. The average molecular weight is 230 g/mol. The molecule has 1 rings (SSSR count). The van der Waals surface area contributed by atoms with Gasteiger partial charge in [0.25, 0.3) is 5.56 Å². The first-order valence-electron chi connectivity index (χ1n) is 5.08. The first-order chi connectivity index (χ1) is 7.11. The van der Waals surface area contributed by atoms with Gasteiger partial charge in [0.2, 0.25) is 0 Å². The fourth-order valence-electron chi connectivity index (χ4n) is 1.22. The lowest BCUT2D eigenvalue weighted by atomic mass is 10.1. The normalized spacial score (nSPS) is 10.7. The highest BCUT2D eigenvalue weighted by molar-refractivity contribution is 6.32. The Labute approximate surface area is 94.1 Å². The van der Waals surface area contributed by atoms with Crippen LogP contribution in [0.2, 0.25) is 5.02 Å². The van der Waals surface area contributed by atoms with E-state index in [4.69, 9.17) is 11.6 Å². The van der Waals surface area contributed by atoms with Crippen LogP contribution in [0.1, 0.15) is 26.7 Å². The Kier molecular flexibility index (Phi) is 4.62. The second-order valence-corrected chi connectivity index (χ2v) is 4.24. The van der Waals surface area contributed by atoms with Gasteiger partial charge >= 0.3 is 0 Å². The van der Waals surface area contributed by atoms with Crippen LogP contribution in [0, 0.1) is 5.92 Å². The van der Waals surface area contributed by atoms with Crippen molar-refractivity contribution in [2.75, 3.05) is 11.9 Å². The summed E-state index contributed by atoms with van der Waals surface area (Å²) < 4.78 is 0. The number of halogens is 1. The van der Waals surface area contributed by atoms with Crippen molar-refractivity contribution in [3.63, 3.8) is 0 Å². The summed E-state index contributed by atoms with van der Waals surface area (Å²) >= 11 is 5.77. The third-order valence-corrected chi connectivity index (χ3v) is 2.40. The van der Waals surface area contributed by atoms with Crippen molar-refractivity contribution in [2.24, 2.45) is 5.92 Å². The van der Waals surface area contributed by atoms with Crippen molar-refractivity contribution in [3.8, 4) is 0 Å². The van der Waals surface area contributed by atoms with Crippen LogP contribution < -0.4 is 10.9 Å². The third kappa shape index (κ3) is 3.91. The van der Waals surface area contributed by atoms with Gasteiger partial charge in [-0.15, -0.1) is 0 Å². The molecule has 0 radical (unpaired) electrons. The quantitative estimate of drug-likeness (QED) is 0.762. The van der Waals surface area contributed by atoms with Crippen LogP contribution in [0.5, 0.6) is 0 Å². The number of nitrogens with zero attached hydrogens (tertiary/aromatic N) is 1. The molecule has 0 saturated carbocycles. The van der Waals surface area contributed by atoms with Gasteiger partial charge in [-0.25, -0.2) is 4.98 Å². The maximum Gasteiger partial charge on any atom is 0.271 e. The molecule has 0 unspecified atom stereocenters. The molecular weight excluding hydrogens is 214 g/mol. The van der Waals surface area contributed by atoms with Gasteiger partial charge in [0.1, 0.15) is 5.02 Å². The van der Waals surface area contributed by atoms with Crippen LogP contribution in [0.4, 0.5) is 5.82 Å². The lowest BCUT2D eigenvalue weighted by Crippen LogP contribution is -2.12. The number of rotatable bonds is 5. The van der Waals surface area contributed by atoms with E-state index in [1.54, 1.807) is 0 Å². The zero-order valence-electron chi connectivity index (χ0n) is 9.01. The molecule has 0 aromatic carbocycles. The van der Waals surface area contributed by atoms with Gasteiger partial charge in [0, 0.05) is 6.54 Å². The Morgan fingerprint density at radius 3 is 3.00 bits per heavy atom. The number of nitrogens with one attached hydrogen (secondary N) is 2. The zero-order chi connectivity index (χ0) is 11.3.